The van der Waals surface area contributed by atoms with E-state index in [0.717, 1.165) is 22.9 Å². The Morgan fingerprint density at radius 1 is 0.897 bits per heavy atom. The predicted molar refractivity (Wildman–Crippen MR) is 116 cm³/mol. The number of ether oxygens (including phenoxy) is 3. The number of carbonyl (C=O) groups excluding carboxylic acids is 2. The molecule has 2 aromatic rings. The smallest absolute Gasteiger partial charge is 0.315 e. The van der Waals surface area contributed by atoms with Gasteiger partial charge in [0.15, 0.2) is 5.76 Å². The second kappa shape index (κ2) is 10.2. The molecule has 0 amide bonds. The Hall–Kier alpha value is -2.73. The van der Waals surface area contributed by atoms with Crippen LogP contribution < -0.4 is 9.47 Å². The first-order chi connectivity index (χ1) is 13.7. The standard InChI is InChI=1S/C23H26O5S/c1-23(2,3)29-22(25)20(14-16-6-10-18(26-4)11-7-16)28-21(24)15-17-8-12-19(27-5)13-9-17/h6-14H,15H2,1-5H3/b20-14-. The van der Waals surface area contributed by atoms with Crippen LogP contribution in [0.4, 0.5) is 0 Å². The SMILES string of the molecule is COc1ccc(/C=C(\OC(=O)Cc2ccc(OC)cc2)C(=O)SC(C)(C)C)cc1. The summed E-state index contributed by atoms with van der Waals surface area (Å²) >= 11 is 1.12. The van der Waals surface area contributed by atoms with Crippen LogP contribution in [0.3, 0.4) is 0 Å². The van der Waals surface area contributed by atoms with Gasteiger partial charge in [-0.3, -0.25) is 9.59 Å². The molecule has 0 aliphatic carbocycles. The summed E-state index contributed by atoms with van der Waals surface area (Å²) in [6.45, 7) is 5.79. The zero-order valence-corrected chi connectivity index (χ0v) is 18.2. The number of methoxy groups -OCH3 is 2. The molecule has 0 unspecified atom stereocenters. The Morgan fingerprint density at radius 2 is 1.41 bits per heavy atom. The number of hydrogen-bond donors (Lipinski definition) is 0. The normalized spacial score (nSPS) is 11.7. The molecule has 0 aliphatic heterocycles. The van der Waals surface area contributed by atoms with Crippen LogP contribution in [-0.4, -0.2) is 30.1 Å². The number of carbonyl (C=O) groups is 2. The maximum atomic E-state index is 12.7. The second-order valence-corrected chi connectivity index (χ2v) is 9.08. The molecule has 0 spiro atoms. The molecular weight excluding hydrogens is 388 g/mol. The molecule has 5 nitrogen and oxygen atoms in total. The van der Waals surface area contributed by atoms with Gasteiger partial charge in [0.25, 0.3) is 5.12 Å². The van der Waals surface area contributed by atoms with Crippen LogP contribution in [0.25, 0.3) is 6.08 Å². The van der Waals surface area contributed by atoms with Gasteiger partial charge in [-0.15, -0.1) is 0 Å². The summed E-state index contributed by atoms with van der Waals surface area (Å²) in [6.07, 6.45) is 1.63. The molecule has 0 N–H and O–H groups in total. The molecule has 2 aromatic carbocycles. The minimum Gasteiger partial charge on any atom is -0.497 e. The maximum Gasteiger partial charge on any atom is 0.315 e. The Bertz CT molecular complexity index is 862. The third kappa shape index (κ3) is 7.66. The largest absolute Gasteiger partial charge is 0.497 e. The highest BCUT2D eigenvalue weighted by Crippen LogP contribution is 2.28. The number of hydrogen-bond acceptors (Lipinski definition) is 6. The summed E-state index contributed by atoms with van der Waals surface area (Å²) in [7, 11) is 3.17. The van der Waals surface area contributed by atoms with Crippen LogP contribution in [-0.2, 0) is 20.7 Å². The summed E-state index contributed by atoms with van der Waals surface area (Å²) < 4.78 is 15.4. The van der Waals surface area contributed by atoms with Gasteiger partial charge >= 0.3 is 5.97 Å². The molecular formula is C23H26O5S. The van der Waals surface area contributed by atoms with E-state index in [4.69, 9.17) is 14.2 Å². The Morgan fingerprint density at radius 3 is 1.90 bits per heavy atom. The lowest BCUT2D eigenvalue weighted by Gasteiger charge is -2.17. The summed E-state index contributed by atoms with van der Waals surface area (Å²) in [6, 6.07) is 14.3. The monoisotopic (exact) mass is 414 g/mol. The average molecular weight is 415 g/mol. The molecule has 0 atom stereocenters. The van der Waals surface area contributed by atoms with Gasteiger partial charge in [0, 0.05) is 4.75 Å². The van der Waals surface area contributed by atoms with Crippen molar-refractivity contribution in [3.63, 3.8) is 0 Å². The van der Waals surface area contributed by atoms with Crippen molar-refractivity contribution >= 4 is 28.9 Å². The maximum absolute atomic E-state index is 12.7. The molecule has 0 heterocycles. The van der Waals surface area contributed by atoms with Crippen molar-refractivity contribution in [1.29, 1.82) is 0 Å². The summed E-state index contributed by atoms with van der Waals surface area (Å²) in [5, 5.41) is -0.295. The molecule has 2 rings (SSSR count). The molecule has 0 fully saturated rings. The first-order valence-corrected chi connectivity index (χ1v) is 9.94. The van der Waals surface area contributed by atoms with Crippen molar-refractivity contribution in [2.75, 3.05) is 14.2 Å². The Labute approximate surface area is 176 Å². The molecule has 0 aromatic heterocycles. The van der Waals surface area contributed by atoms with Crippen molar-refractivity contribution in [3.05, 3.63) is 65.4 Å². The van der Waals surface area contributed by atoms with Crippen molar-refractivity contribution in [2.24, 2.45) is 0 Å². The summed E-state index contributed by atoms with van der Waals surface area (Å²) in [5.74, 6) is 0.918. The second-order valence-electron chi connectivity index (χ2n) is 7.28. The van der Waals surface area contributed by atoms with Gasteiger partial charge in [-0.2, -0.15) is 0 Å². The van der Waals surface area contributed by atoms with E-state index in [1.165, 1.54) is 0 Å². The molecule has 154 valence electrons. The molecule has 0 saturated heterocycles. The number of rotatable bonds is 7. The van der Waals surface area contributed by atoms with Crippen LogP contribution in [0.15, 0.2) is 54.3 Å². The lowest BCUT2D eigenvalue weighted by Crippen LogP contribution is -2.17. The van der Waals surface area contributed by atoms with Crippen LogP contribution in [0, 0.1) is 0 Å². The third-order valence-electron chi connectivity index (χ3n) is 3.74. The number of benzene rings is 2. The minimum absolute atomic E-state index is 0.00797. The highest BCUT2D eigenvalue weighted by molar-refractivity contribution is 8.15. The van der Waals surface area contributed by atoms with E-state index >= 15 is 0 Å². The zero-order chi connectivity index (χ0) is 21.4. The van der Waals surface area contributed by atoms with Gasteiger partial charge in [0.1, 0.15) is 11.5 Å². The molecule has 0 aliphatic rings. The topological polar surface area (TPSA) is 61.8 Å². The van der Waals surface area contributed by atoms with E-state index in [0.29, 0.717) is 11.5 Å². The highest BCUT2D eigenvalue weighted by atomic mass is 32.2. The van der Waals surface area contributed by atoms with E-state index in [9.17, 15) is 9.59 Å². The van der Waals surface area contributed by atoms with Gasteiger partial charge < -0.3 is 14.2 Å². The number of esters is 1. The lowest BCUT2D eigenvalue weighted by molar-refractivity contribution is -0.140. The summed E-state index contributed by atoms with van der Waals surface area (Å²) in [4.78, 5) is 25.2. The lowest BCUT2D eigenvalue weighted by atomic mass is 10.1. The molecule has 6 heteroatoms. The quantitative estimate of drug-likeness (QED) is 0.365. The van der Waals surface area contributed by atoms with Crippen molar-refractivity contribution in [3.8, 4) is 11.5 Å². The van der Waals surface area contributed by atoms with Gasteiger partial charge in [0.2, 0.25) is 0 Å². The predicted octanol–water partition coefficient (Wildman–Crippen LogP) is 4.89. The van der Waals surface area contributed by atoms with Gasteiger partial charge in [-0.25, -0.2) is 0 Å². The van der Waals surface area contributed by atoms with Crippen LogP contribution >= 0.6 is 11.8 Å². The minimum atomic E-state index is -0.502. The van der Waals surface area contributed by atoms with Crippen LogP contribution in [0.2, 0.25) is 0 Å². The van der Waals surface area contributed by atoms with E-state index in [1.807, 2.05) is 20.8 Å². The van der Waals surface area contributed by atoms with E-state index in [1.54, 1.807) is 68.8 Å². The van der Waals surface area contributed by atoms with Crippen molar-refractivity contribution in [1.82, 2.24) is 0 Å². The summed E-state index contributed by atoms with van der Waals surface area (Å²) in [5.41, 5.74) is 1.51. The number of thioether (sulfide) groups is 1. The average Bonchev–Trinajstić information content (AvgIpc) is 2.67. The van der Waals surface area contributed by atoms with Crippen LogP contribution in [0.5, 0.6) is 11.5 Å². The van der Waals surface area contributed by atoms with Gasteiger partial charge in [-0.05, 0) is 41.5 Å². The molecule has 0 radical (unpaired) electrons. The molecule has 29 heavy (non-hydrogen) atoms. The fourth-order valence-corrected chi connectivity index (χ4v) is 3.14. The molecule has 0 bridgehead atoms. The first kappa shape index (κ1) is 22.6. The fourth-order valence-electron chi connectivity index (χ4n) is 2.38. The van der Waals surface area contributed by atoms with E-state index in [-0.39, 0.29) is 22.0 Å². The van der Waals surface area contributed by atoms with Crippen molar-refractivity contribution < 1.29 is 23.8 Å². The molecule has 0 saturated carbocycles. The van der Waals surface area contributed by atoms with E-state index < -0.39 is 5.97 Å². The van der Waals surface area contributed by atoms with E-state index in [2.05, 4.69) is 0 Å². The highest BCUT2D eigenvalue weighted by Gasteiger charge is 2.23. The zero-order valence-electron chi connectivity index (χ0n) is 17.4. The Balaban J connectivity index is 2.19. The van der Waals surface area contributed by atoms with Crippen molar-refractivity contribution in [2.45, 2.75) is 31.9 Å². The fraction of sp³-hybridized carbons (Fsp3) is 0.304. The van der Waals surface area contributed by atoms with Gasteiger partial charge in [-0.1, -0.05) is 56.8 Å². The first-order valence-electron chi connectivity index (χ1n) is 9.13. The Kier molecular flexibility index (Phi) is 7.91. The third-order valence-corrected chi connectivity index (χ3v) is 4.74. The van der Waals surface area contributed by atoms with Gasteiger partial charge in [0.05, 0.1) is 20.6 Å². The van der Waals surface area contributed by atoms with Crippen LogP contribution in [0.1, 0.15) is 31.9 Å².